The van der Waals surface area contributed by atoms with Gasteiger partial charge in [-0.1, -0.05) is 6.07 Å². The molecule has 0 spiro atoms. The van der Waals surface area contributed by atoms with Crippen molar-refractivity contribution < 1.29 is 13.9 Å². The van der Waals surface area contributed by atoms with E-state index in [-0.39, 0.29) is 5.91 Å². The number of amides is 1. The number of aryl methyl sites for hydroxylation is 1. The van der Waals surface area contributed by atoms with E-state index in [1.165, 1.54) is 0 Å². The minimum atomic E-state index is -0.150. The second-order valence-electron chi connectivity index (χ2n) is 3.93. The van der Waals surface area contributed by atoms with Crippen molar-refractivity contribution in [1.29, 1.82) is 0 Å². The molecule has 0 radical (unpaired) electrons. The third kappa shape index (κ3) is 2.91. The number of ether oxygens (including phenoxy) is 1. The Morgan fingerprint density at radius 2 is 2.17 bits per heavy atom. The topological polar surface area (TPSA) is 51.5 Å². The fourth-order valence-corrected chi connectivity index (χ4v) is 1.61. The van der Waals surface area contributed by atoms with Gasteiger partial charge in [0.25, 0.3) is 5.91 Å². The molecule has 0 bridgehead atoms. The van der Waals surface area contributed by atoms with Gasteiger partial charge in [-0.05, 0) is 37.3 Å². The van der Waals surface area contributed by atoms with E-state index in [9.17, 15) is 4.79 Å². The van der Waals surface area contributed by atoms with Gasteiger partial charge < -0.3 is 14.5 Å². The van der Waals surface area contributed by atoms with Gasteiger partial charge in [0.1, 0.15) is 17.3 Å². The lowest BCUT2D eigenvalue weighted by Crippen LogP contribution is -2.22. The summed E-state index contributed by atoms with van der Waals surface area (Å²) in [5.74, 6) is 2.09. The van der Waals surface area contributed by atoms with Crippen molar-refractivity contribution in [3.05, 3.63) is 53.5 Å². The van der Waals surface area contributed by atoms with Crippen molar-refractivity contribution in [2.45, 2.75) is 13.5 Å². The molecule has 0 saturated heterocycles. The molecule has 4 heteroatoms. The summed E-state index contributed by atoms with van der Waals surface area (Å²) in [7, 11) is 1.57. The summed E-state index contributed by atoms with van der Waals surface area (Å²) in [6, 6.07) is 10.7. The highest BCUT2D eigenvalue weighted by molar-refractivity contribution is 5.94. The molecule has 0 aliphatic heterocycles. The zero-order valence-electron chi connectivity index (χ0n) is 10.4. The van der Waals surface area contributed by atoms with Gasteiger partial charge in [-0.3, -0.25) is 4.79 Å². The van der Waals surface area contributed by atoms with E-state index in [0.29, 0.717) is 17.9 Å². The van der Waals surface area contributed by atoms with Crippen LogP contribution in [0.2, 0.25) is 0 Å². The highest BCUT2D eigenvalue weighted by Gasteiger charge is 2.07. The van der Waals surface area contributed by atoms with Gasteiger partial charge in [0.05, 0.1) is 13.7 Å². The number of carbonyl (C=O) groups is 1. The van der Waals surface area contributed by atoms with Gasteiger partial charge in [-0.25, -0.2) is 0 Å². The molecule has 1 aromatic carbocycles. The Morgan fingerprint density at radius 3 is 2.83 bits per heavy atom. The summed E-state index contributed by atoms with van der Waals surface area (Å²) in [6.45, 7) is 2.25. The smallest absolute Gasteiger partial charge is 0.251 e. The fraction of sp³-hybridized carbons (Fsp3) is 0.214. The Kier molecular flexibility index (Phi) is 3.67. The Balaban J connectivity index is 1.99. The summed E-state index contributed by atoms with van der Waals surface area (Å²) >= 11 is 0. The number of benzene rings is 1. The second kappa shape index (κ2) is 5.40. The average Bonchev–Trinajstić information content (AvgIpc) is 2.82. The third-order valence-electron chi connectivity index (χ3n) is 2.55. The maximum Gasteiger partial charge on any atom is 0.251 e. The molecule has 1 aromatic heterocycles. The molecule has 2 rings (SSSR count). The van der Waals surface area contributed by atoms with Crippen LogP contribution in [-0.2, 0) is 6.54 Å². The number of hydrogen-bond acceptors (Lipinski definition) is 3. The van der Waals surface area contributed by atoms with Crippen LogP contribution in [0.25, 0.3) is 0 Å². The van der Waals surface area contributed by atoms with Gasteiger partial charge in [-0.15, -0.1) is 0 Å². The van der Waals surface area contributed by atoms with Crippen LogP contribution in [0.5, 0.6) is 5.75 Å². The van der Waals surface area contributed by atoms with Gasteiger partial charge in [0.15, 0.2) is 0 Å². The van der Waals surface area contributed by atoms with Crippen molar-refractivity contribution in [3.63, 3.8) is 0 Å². The minimum Gasteiger partial charge on any atom is -0.497 e. The van der Waals surface area contributed by atoms with E-state index in [0.717, 1.165) is 11.5 Å². The van der Waals surface area contributed by atoms with Crippen molar-refractivity contribution in [3.8, 4) is 5.75 Å². The molecule has 2 aromatic rings. The quantitative estimate of drug-likeness (QED) is 0.900. The Hall–Kier alpha value is -2.23. The van der Waals surface area contributed by atoms with E-state index >= 15 is 0 Å². The molecule has 1 heterocycles. The van der Waals surface area contributed by atoms with E-state index < -0.39 is 0 Å². The maximum atomic E-state index is 11.9. The van der Waals surface area contributed by atoms with Crippen molar-refractivity contribution in [1.82, 2.24) is 5.32 Å². The van der Waals surface area contributed by atoms with E-state index in [1.807, 2.05) is 19.1 Å². The molecular weight excluding hydrogens is 230 g/mol. The molecule has 1 amide bonds. The monoisotopic (exact) mass is 245 g/mol. The van der Waals surface area contributed by atoms with Crippen LogP contribution >= 0.6 is 0 Å². The van der Waals surface area contributed by atoms with Gasteiger partial charge in [0.2, 0.25) is 0 Å². The van der Waals surface area contributed by atoms with Crippen LogP contribution in [0, 0.1) is 6.92 Å². The molecular formula is C14H15NO3. The van der Waals surface area contributed by atoms with Crippen LogP contribution < -0.4 is 10.1 Å². The van der Waals surface area contributed by atoms with Gasteiger partial charge >= 0.3 is 0 Å². The average molecular weight is 245 g/mol. The predicted octanol–water partition coefficient (Wildman–Crippen LogP) is 2.53. The predicted molar refractivity (Wildman–Crippen MR) is 67.6 cm³/mol. The highest BCUT2D eigenvalue weighted by atomic mass is 16.5. The summed E-state index contributed by atoms with van der Waals surface area (Å²) < 4.78 is 10.4. The summed E-state index contributed by atoms with van der Waals surface area (Å²) in [4.78, 5) is 11.9. The Bertz CT molecular complexity index is 545. The van der Waals surface area contributed by atoms with E-state index in [1.54, 1.807) is 31.4 Å². The number of methoxy groups -OCH3 is 1. The summed E-state index contributed by atoms with van der Waals surface area (Å²) in [5.41, 5.74) is 0.567. The van der Waals surface area contributed by atoms with Crippen LogP contribution in [0.15, 0.2) is 40.8 Å². The zero-order chi connectivity index (χ0) is 13.0. The Morgan fingerprint density at radius 1 is 1.33 bits per heavy atom. The van der Waals surface area contributed by atoms with Crippen molar-refractivity contribution >= 4 is 5.91 Å². The standard InChI is InChI=1S/C14H15NO3/c1-10-6-7-13(18-10)9-15-14(16)11-4-3-5-12(8-11)17-2/h3-8H,9H2,1-2H3,(H,15,16). The molecule has 0 atom stereocenters. The molecule has 94 valence electrons. The molecule has 0 aliphatic rings. The molecule has 0 aliphatic carbocycles. The zero-order valence-corrected chi connectivity index (χ0v) is 10.4. The molecule has 4 nitrogen and oxygen atoms in total. The number of hydrogen-bond donors (Lipinski definition) is 1. The lowest BCUT2D eigenvalue weighted by Gasteiger charge is -2.05. The first-order valence-corrected chi connectivity index (χ1v) is 5.66. The first-order valence-electron chi connectivity index (χ1n) is 5.66. The number of nitrogens with one attached hydrogen (secondary N) is 1. The minimum absolute atomic E-state index is 0.150. The lowest BCUT2D eigenvalue weighted by atomic mass is 10.2. The van der Waals surface area contributed by atoms with E-state index in [2.05, 4.69) is 5.32 Å². The molecule has 0 saturated carbocycles. The summed E-state index contributed by atoms with van der Waals surface area (Å²) in [6.07, 6.45) is 0. The van der Waals surface area contributed by atoms with Crippen LogP contribution in [0.3, 0.4) is 0 Å². The molecule has 1 N–H and O–H groups in total. The first-order chi connectivity index (χ1) is 8.69. The first kappa shape index (κ1) is 12.2. The third-order valence-corrected chi connectivity index (χ3v) is 2.55. The molecule has 0 unspecified atom stereocenters. The van der Waals surface area contributed by atoms with E-state index in [4.69, 9.17) is 9.15 Å². The Labute approximate surface area is 106 Å². The SMILES string of the molecule is COc1cccc(C(=O)NCc2ccc(C)o2)c1. The van der Waals surface area contributed by atoms with Crippen molar-refractivity contribution in [2.24, 2.45) is 0 Å². The fourth-order valence-electron chi connectivity index (χ4n) is 1.61. The second-order valence-corrected chi connectivity index (χ2v) is 3.93. The van der Waals surface area contributed by atoms with Crippen molar-refractivity contribution in [2.75, 3.05) is 7.11 Å². The lowest BCUT2D eigenvalue weighted by molar-refractivity contribution is 0.0947. The number of furan rings is 1. The number of carbonyl (C=O) groups excluding carboxylic acids is 1. The highest BCUT2D eigenvalue weighted by Crippen LogP contribution is 2.12. The normalized spacial score (nSPS) is 10.1. The maximum absolute atomic E-state index is 11.9. The van der Waals surface area contributed by atoms with Gasteiger partial charge in [0, 0.05) is 5.56 Å². The van der Waals surface area contributed by atoms with Crippen LogP contribution in [-0.4, -0.2) is 13.0 Å². The number of rotatable bonds is 4. The van der Waals surface area contributed by atoms with Crippen LogP contribution in [0.1, 0.15) is 21.9 Å². The van der Waals surface area contributed by atoms with Crippen LogP contribution in [0.4, 0.5) is 0 Å². The largest absolute Gasteiger partial charge is 0.497 e. The molecule has 0 fully saturated rings. The molecule has 18 heavy (non-hydrogen) atoms. The summed E-state index contributed by atoms with van der Waals surface area (Å²) in [5, 5.41) is 2.79. The van der Waals surface area contributed by atoms with Gasteiger partial charge in [-0.2, -0.15) is 0 Å².